The monoisotopic (exact) mass is 177 g/mol. The third-order valence-electron chi connectivity index (χ3n) is 1.72. The van der Waals surface area contributed by atoms with Crippen LogP contribution in [-0.4, -0.2) is 11.2 Å². The molecule has 1 aromatic carbocycles. The van der Waals surface area contributed by atoms with Crippen LogP contribution in [0.4, 0.5) is 10.5 Å². The first-order valence-electron chi connectivity index (χ1n) is 3.73. The molecule has 4 nitrogen and oxygen atoms in total. The van der Waals surface area contributed by atoms with E-state index >= 15 is 0 Å². The van der Waals surface area contributed by atoms with Crippen molar-refractivity contribution in [3.8, 4) is 0 Å². The second-order valence-corrected chi connectivity index (χ2v) is 2.58. The van der Waals surface area contributed by atoms with Gasteiger partial charge in [0.25, 0.3) is 0 Å². The molecule has 0 spiro atoms. The van der Waals surface area contributed by atoms with E-state index in [2.05, 4.69) is 5.32 Å². The highest BCUT2D eigenvalue weighted by Crippen LogP contribution is 2.24. The fourth-order valence-corrected chi connectivity index (χ4v) is 1.19. The zero-order valence-corrected chi connectivity index (χ0v) is 6.65. The van der Waals surface area contributed by atoms with Crippen LogP contribution < -0.4 is 5.32 Å². The molecule has 2 rings (SSSR count). The number of hydrogen-bond acceptors (Lipinski definition) is 2. The van der Waals surface area contributed by atoms with Crippen LogP contribution in [0, 0.1) is 0 Å². The van der Waals surface area contributed by atoms with E-state index in [1.165, 1.54) is 6.26 Å². The molecule has 0 saturated carbocycles. The van der Waals surface area contributed by atoms with Gasteiger partial charge in [0.15, 0.2) is 0 Å². The van der Waals surface area contributed by atoms with E-state index < -0.39 is 6.09 Å². The molecule has 0 aliphatic rings. The molecule has 13 heavy (non-hydrogen) atoms. The summed E-state index contributed by atoms with van der Waals surface area (Å²) < 4.78 is 5.12. The van der Waals surface area contributed by atoms with Crippen molar-refractivity contribution in [1.29, 1.82) is 0 Å². The van der Waals surface area contributed by atoms with Crippen LogP contribution in [0.25, 0.3) is 11.0 Å². The molecule has 0 atom stereocenters. The summed E-state index contributed by atoms with van der Waals surface area (Å²) in [6.07, 6.45) is 0.297. The molecule has 0 radical (unpaired) electrons. The average molecular weight is 177 g/mol. The predicted molar refractivity (Wildman–Crippen MR) is 47.9 cm³/mol. The Hall–Kier alpha value is -1.97. The molecule has 0 unspecified atom stereocenters. The van der Waals surface area contributed by atoms with Crippen LogP contribution in [0.15, 0.2) is 34.9 Å². The smallest absolute Gasteiger partial charge is 0.409 e. The van der Waals surface area contributed by atoms with E-state index in [1.54, 1.807) is 12.1 Å². The fraction of sp³-hybridized carbons (Fsp3) is 0. The van der Waals surface area contributed by atoms with Crippen molar-refractivity contribution in [3.63, 3.8) is 0 Å². The number of hydrogen-bond donors (Lipinski definition) is 2. The largest absolute Gasteiger partial charge is 0.465 e. The Balaban J connectivity index is 2.51. The summed E-state index contributed by atoms with van der Waals surface area (Å²) in [7, 11) is 0. The Morgan fingerprint density at radius 3 is 2.92 bits per heavy atom. The van der Waals surface area contributed by atoms with Crippen LogP contribution in [0.2, 0.25) is 0 Å². The molecule has 1 aromatic heterocycles. The SMILES string of the molecule is O=C(O)Nc1coc2ccccc12. The van der Waals surface area contributed by atoms with Crippen LogP contribution in [-0.2, 0) is 0 Å². The first-order valence-corrected chi connectivity index (χ1v) is 3.73. The maximum atomic E-state index is 10.4. The summed E-state index contributed by atoms with van der Waals surface area (Å²) in [5.41, 5.74) is 1.15. The summed E-state index contributed by atoms with van der Waals surface area (Å²) >= 11 is 0. The minimum absolute atomic E-state index is 0.475. The molecular weight excluding hydrogens is 170 g/mol. The zero-order chi connectivity index (χ0) is 9.26. The number of nitrogens with one attached hydrogen (secondary N) is 1. The highest BCUT2D eigenvalue weighted by Gasteiger charge is 2.06. The predicted octanol–water partition coefficient (Wildman–Crippen LogP) is 2.52. The minimum atomic E-state index is -1.09. The van der Waals surface area contributed by atoms with Gasteiger partial charge >= 0.3 is 6.09 Å². The first kappa shape index (κ1) is 7.67. The maximum absolute atomic E-state index is 10.4. The molecule has 66 valence electrons. The van der Waals surface area contributed by atoms with Crippen LogP contribution >= 0.6 is 0 Å². The van der Waals surface area contributed by atoms with Gasteiger partial charge in [-0.3, -0.25) is 5.32 Å². The molecule has 2 N–H and O–H groups in total. The number of anilines is 1. The summed E-state index contributed by atoms with van der Waals surface area (Å²) in [6.45, 7) is 0. The van der Waals surface area contributed by atoms with Crippen LogP contribution in [0.3, 0.4) is 0 Å². The van der Waals surface area contributed by atoms with Crippen molar-refractivity contribution < 1.29 is 14.3 Å². The molecule has 0 bridgehead atoms. The fourth-order valence-electron chi connectivity index (χ4n) is 1.19. The lowest BCUT2D eigenvalue weighted by Gasteiger charge is -1.94. The molecule has 0 fully saturated rings. The molecule has 2 aromatic rings. The second-order valence-electron chi connectivity index (χ2n) is 2.58. The highest BCUT2D eigenvalue weighted by molar-refractivity contribution is 5.97. The summed E-state index contributed by atoms with van der Waals surface area (Å²) in [5, 5.41) is 11.5. The Bertz CT molecular complexity index is 447. The van der Waals surface area contributed by atoms with Gasteiger partial charge in [0, 0.05) is 5.39 Å². The Kier molecular flexibility index (Phi) is 1.66. The second kappa shape index (κ2) is 2.82. The zero-order valence-electron chi connectivity index (χ0n) is 6.65. The average Bonchev–Trinajstić information content (AvgIpc) is 2.48. The summed E-state index contributed by atoms with van der Waals surface area (Å²) in [6, 6.07) is 7.23. The number of carboxylic acid groups (broad SMARTS) is 1. The number of fused-ring (bicyclic) bond motifs is 1. The number of carbonyl (C=O) groups is 1. The topological polar surface area (TPSA) is 62.5 Å². The van der Waals surface area contributed by atoms with E-state index in [-0.39, 0.29) is 0 Å². The van der Waals surface area contributed by atoms with Gasteiger partial charge in [0.05, 0.1) is 5.69 Å². The quantitative estimate of drug-likeness (QED) is 0.703. The molecule has 0 saturated heterocycles. The highest BCUT2D eigenvalue weighted by atomic mass is 16.4. The molecular formula is C9H7NO3. The van der Waals surface area contributed by atoms with Crippen molar-refractivity contribution in [1.82, 2.24) is 0 Å². The van der Waals surface area contributed by atoms with Crippen LogP contribution in [0.1, 0.15) is 0 Å². The van der Waals surface area contributed by atoms with Gasteiger partial charge < -0.3 is 9.52 Å². The Morgan fingerprint density at radius 2 is 2.15 bits per heavy atom. The summed E-state index contributed by atoms with van der Waals surface area (Å²) in [4.78, 5) is 10.4. The number of amides is 1. The van der Waals surface area contributed by atoms with E-state index in [0.717, 1.165) is 5.39 Å². The van der Waals surface area contributed by atoms with Gasteiger partial charge in [0.1, 0.15) is 11.8 Å². The van der Waals surface area contributed by atoms with E-state index in [1.807, 2.05) is 12.1 Å². The van der Waals surface area contributed by atoms with Gasteiger partial charge in [0.2, 0.25) is 0 Å². The standard InChI is InChI=1S/C9H7NO3/c11-9(12)10-7-5-13-8-4-2-1-3-6(7)8/h1-5,10H,(H,11,12). The number of benzene rings is 1. The van der Waals surface area contributed by atoms with Crippen LogP contribution in [0.5, 0.6) is 0 Å². The van der Waals surface area contributed by atoms with Crippen molar-refractivity contribution in [3.05, 3.63) is 30.5 Å². The van der Waals surface area contributed by atoms with Crippen molar-refractivity contribution in [2.45, 2.75) is 0 Å². The third-order valence-corrected chi connectivity index (χ3v) is 1.72. The van der Waals surface area contributed by atoms with E-state index in [9.17, 15) is 4.79 Å². The van der Waals surface area contributed by atoms with Gasteiger partial charge in [-0.2, -0.15) is 0 Å². The molecule has 0 aliphatic carbocycles. The lowest BCUT2D eigenvalue weighted by Crippen LogP contribution is -2.06. The van der Waals surface area contributed by atoms with Gasteiger partial charge in [-0.25, -0.2) is 4.79 Å². The van der Waals surface area contributed by atoms with E-state index in [0.29, 0.717) is 11.3 Å². The lowest BCUT2D eigenvalue weighted by atomic mass is 10.2. The van der Waals surface area contributed by atoms with Gasteiger partial charge in [-0.05, 0) is 12.1 Å². The third kappa shape index (κ3) is 1.33. The van der Waals surface area contributed by atoms with Gasteiger partial charge in [-0.1, -0.05) is 12.1 Å². The molecule has 1 amide bonds. The van der Waals surface area contributed by atoms with Crippen molar-refractivity contribution in [2.24, 2.45) is 0 Å². The van der Waals surface area contributed by atoms with Crippen molar-refractivity contribution in [2.75, 3.05) is 5.32 Å². The normalized spacial score (nSPS) is 10.2. The van der Waals surface area contributed by atoms with E-state index in [4.69, 9.17) is 9.52 Å². The Labute approximate surface area is 73.8 Å². The molecule has 0 aliphatic heterocycles. The minimum Gasteiger partial charge on any atom is -0.465 e. The molecule has 1 heterocycles. The molecule has 4 heteroatoms. The van der Waals surface area contributed by atoms with Crippen molar-refractivity contribution >= 4 is 22.7 Å². The number of rotatable bonds is 1. The number of furan rings is 1. The number of para-hydroxylation sites is 1. The first-order chi connectivity index (χ1) is 6.27. The summed E-state index contributed by atoms with van der Waals surface area (Å²) in [5.74, 6) is 0. The Morgan fingerprint density at radius 1 is 1.38 bits per heavy atom. The van der Waals surface area contributed by atoms with Gasteiger partial charge in [-0.15, -0.1) is 0 Å². The maximum Gasteiger partial charge on any atom is 0.409 e. The lowest BCUT2D eigenvalue weighted by molar-refractivity contribution is 0.209.